The third-order valence-corrected chi connectivity index (χ3v) is 4.19. The summed E-state index contributed by atoms with van der Waals surface area (Å²) in [7, 11) is 0. The molecule has 0 N–H and O–H groups in total. The fourth-order valence-corrected chi connectivity index (χ4v) is 3.27. The molecule has 3 rings (SSSR count). The molecule has 1 aromatic carbocycles. The van der Waals surface area contributed by atoms with Gasteiger partial charge in [0.2, 0.25) is 0 Å². The van der Waals surface area contributed by atoms with Gasteiger partial charge in [-0.15, -0.1) is 0 Å². The number of esters is 1. The normalized spacial score (nSPS) is 16.0. The Kier molecular flexibility index (Phi) is 4.73. The van der Waals surface area contributed by atoms with Crippen LogP contribution in [-0.4, -0.2) is 29.5 Å². The summed E-state index contributed by atoms with van der Waals surface area (Å²) in [6.07, 6.45) is 0.783. The maximum absolute atomic E-state index is 12.5. The van der Waals surface area contributed by atoms with Crippen molar-refractivity contribution < 1.29 is 14.3 Å². The van der Waals surface area contributed by atoms with E-state index >= 15 is 0 Å². The molecule has 5 nitrogen and oxygen atoms in total. The predicted octanol–water partition coefficient (Wildman–Crippen LogP) is 3.52. The molecular weight excluding hydrogens is 351 g/mol. The standard InChI is InChI=1S/C17H14Cl2N2O3/c1-10-6-11-4-2-3-5-13(11)21(10)16(22)9-24-17(23)12-7-14(18)20-15(19)8-12/h2-5,7-8,10H,6,9H2,1H3/t10-/m1/s1. The first-order chi connectivity index (χ1) is 11.5. The third-order valence-electron chi connectivity index (χ3n) is 3.80. The minimum absolute atomic E-state index is 0.0263. The first-order valence-corrected chi connectivity index (χ1v) is 8.11. The van der Waals surface area contributed by atoms with Crippen LogP contribution in [0.3, 0.4) is 0 Å². The molecular formula is C17H14Cl2N2O3. The monoisotopic (exact) mass is 364 g/mol. The Hall–Kier alpha value is -2.11. The van der Waals surface area contributed by atoms with E-state index in [4.69, 9.17) is 27.9 Å². The number of anilines is 1. The summed E-state index contributed by atoms with van der Waals surface area (Å²) in [5.41, 5.74) is 2.13. The van der Waals surface area contributed by atoms with Crippen LogP contribution >= 0.6 is 23.2 Å². The quantitative estimate of drug-likeness (QED) is 0.617. The van der Waals surface area contributed by atoms with Crippen molar-refractivity contribution in [2.24, 2.45) is 0 Å². The number of aromatic nitrogens is 1. The Labute approximate surface area is 149 Å². The van der Waals surface area contributed by atoms with E-state index in [1.54, 1.807) is 4.90 Å². The summed E-state index contributed by atoms with van der Waals surface area (Å²) in [5.74, 6) is -0.943. The first-order valence-electron chi connectivity index (χ1n) is 7.36. The lowest BCUT2D eigenvalue weighted by molar-refractivity contribution is -0.122. The van der Waals surface area contributed by atoms with E-state index < -0.39 is 5.97 Å². The molecule has 0 saturated heterocycles. The van der Waals surface area contributed by atoms with Gasteiger partial charge in [0.05, 0.1) is 5.56 Å². The molecule has 0 saturated carbocycles. The summed E-state index contributed by atoms with van der Waals surface area (Å²) >= 11 is 11.5. The van der Waals surface area contributed by atoms with Crippen molar-refractivity contribution in [3.8, 4) is 0 Å². The van der Waals surface area contributed by atoms with Gasteiger partial charge in [0, 0.05) is 11.7 Å². The van der Waals surface area contributed by atoms with Crippen LogP contribution in [0.4, 0.5) is 5.69 Å². The average molecular weight is 365 g/mol. The minimum atomic E-state index is -0.672. The summed E-state index contributed by atoms with van der Waals surface area (Å²) in [5, 5.41) is 0.172. The lowest BCUT2D eigenvalue weighted by atomic mass is 10.1. The molecule has 1 aliphatic rings. The van der Waals surface area contributed by atoms with Gasteiger partial charge in [-0.05, 0) is 37.1 Å². The SMILES string of the molecule is C[C@@H]1Cc2ccccc2N1C(=O)COC(=O)c1cc(Cl)nc(Cl)c1. The fourth-order valence-electron chi connectivity index (χ4n) is 2.81. The van der Waals surface area contributed by atoms with Crippen LogP contribution in [0.2, 0.25) is 10.3 Å². The van der Waals surface area contributed by atoms with Crippen LogP contribution in [0, 0.1) is 0 Å². The molecule has 7 heteroatoms. The van der Waals surface area contributed by atoms with Gasteiger partial charge in [-0.2, -0.15) is 0 Å². The van der Waals surface area contributed by atoms with E-state index in [0.29, 0.717) is 0 Å². The summed E-state index contributed by atoms with van der Waals surface area (Å²) < 4.78 is 5.10. The zero-order chi connectivity index (χ0) is 17.3. The van der Waals surface area contributed by atoms with E-state index in [0.717, 1.165) is 17.7 Å². The maximum Gasteiger partial charge on any atom is 0.338 e. The number of carbonyl (C=O) groups is 2. The number of hydrogen-bond donors (Lipinski definition) is 0. The highest BCUT2D eigenvalue weighted by Crippen LogP contribution is 2.31. The lowest BCUT2D eigenvalue weighted by Gasteiger charge is -2.22. The van der Waals surface area contributed by atoms with Crippen LogP contribution in [0.1, 0.15) is 22.8 Å². The van der Waals surface area contributed by atoms with Crippen molar-refractivity contribution in [3.05, 3.63) is 57.8 Å². The second-order valence-corrected chi connectivity index (χ2v) is 6.30. The number of ether oxygens (including phenoxy) is 1. The molecule has 0 fully saturated rings. The number of pyridine rings is 1. The van der Waals surface area contributed by atoms with Crippen molar-refractivity contribution in [2.75, 3.05) is 11.5 Å². The first kappa shape index (κ1) is 16.7. The summed E-state index contributed by atoms with van der Waals surface area (Å²) in [4.78, 5) is 29.9. The Bertz CT molecular complexity index is 790. The number of halogens is 2. The summed E-state index contributed by atoms with van der Waals surface area (Å²) in [6.45, 7) is 1.61. The van der Waals surface area contributed by atoms with Crippen molar-refractivity contribution in [1.29, 1.82) is 0 Å². The number of para-hydroxylation sites is 1. The van der Waals surface area contributed by atoms with E-state index in [1.807, 2.05) is 31.2 Å². The number of nitrogens with zero attached hydrogens (tertiary/aromatic N) is 2. The molecule has 2 heterocycles. The molecule has 0 aliphatic carbocycles. The second-order valence-electron chi connectivity index (χ2n) is 5.52. The smallest absolute Gasteiger partial charge is 0.338 e. The summed E-state index contributed by atoms with van der Waals surface area (Å²) in [6, 6.07) is 10.4. The average Bonchev–Trinajstić information content (AvgIpc) is 2.87. The molecule has 1 aromatic heterocycles. The van der Waals surface area contributed by atoms with Gasteiger partial charge in [-0.1, -0.05) is 41.4 Å². The highest BCUT2D eigenvalue weighted by molar-refractivity contribution is 6.32. The topological polar surface area (TPSA) is 59.5 Å². The number of rotatable bonds is 3. The Morgan fingerprint density at radius 2 is 1.92 bits per heavy atom. The van der Waals surface area contributed by atoms with Gasteiger partial charge in [-0.3, -0.25) is 4.79 Å². The lowest BCUT2D eigenvalue weighted by Crippen LogP contribution is -2.38. The van der Waals surface area contributed by atoms with Crippen LogP contribution in [0.25, 0.3) is 0 Å². The fraction of sp³-hybridized carbons (Fsp3) is 0.235. The number of benzene rings is 1. The van der Waals surface area contributed by atoms with Crippen LogP contribution in [0.5, 0.6) is 0 Å². The Morgan fingerprint density at radius 3 is 2.62 bits per heavy atom. The molecule has 24 heavy (non-hydrogen) atoms. The molecule has 0 radical (unpaired) electrons. The molecule has 2 aromatic rings. The van der Waals surface area contributed by atoms with E-state index in [-0.39, 0.29) is 34.4 Å². The van der Waals surface area contributed by atoms with E-state index in [9.17, 15) is 9.59 Å². The molecule has 1 atom stereocenters. The van der Waals surface area contributed by atoms with E-state index in [1.165, 1.54) is 12.1 Å². The van der Waals surface area contributed by atoms with Crippen molar-refractivity contribution in [3.63, 3.8) is 0 Å². The zero-order valence-corrected chi connectivity index (χ0v) is 14.3. The van der Waals surface area contributed by atoms with Crippen molar-refractivity contribution in [2.45, 2.75) is 19.4 Å². The van der Waals surface area contributed by atoms with Gasteiger partial charge in [-0.25, -0.2) is 9.78 Å². The highest BCUT2D eigenvalue weighted by atomic mass is 35.5. The van der Waals surface area contributed by atoms with Crippen LogP contribution in [-0.2, 0) is 16.0 Å². The molecule has 1 aliphatic heterocycles. The Balaban J connectivity index is 1.68. The number of carbonyl (C=O) groups excluding carboxylic acids is 2. The highest BCUT2D eigenvalue weighted by Gasteiger charge is 2.31. The van der Waals surface area contributed by atoms with Gasteiger partial charge < -0.3 is 9.64 Å². The molecule has 0 spiro atoms. The largest absolute Gasteiger partial charge is 0.452 e. The van der Waals surface area contributed by atoms with Gasteiger partial charge in [0.1, 0.15) is 10.3 Å². The Morgan fingerprint density at radius 1 is 1.25 bits per heavy atom. The molecule has 0 unspecified atom stereocenters. The number of hydrogen-bond acceptors (Lipinski definition) is 4. The van der Waals surface area contributed by atoms with Gasteiger partial charge in [0.25, 0.3) is 5.91 Å². The van der Waals surface area contributed by atoms with Gasteiger partial charge >= 0.3 is 5.97 Å². The van der Waals surface area contributed by atoms with Crippen molar-refractivity contribution >= 4 is 40.8 Å². The molecule has 0 bridgehead atoms. The van der Waals surface area contributed by atoms with E-state index in [2.05, 4.69) is 4.98 Å². The van der Waals surface area contributed by atoms with Crippen molar-refractivity contribution in [1.82, 2.24) is 4.98 Å². The number of amides is 1. The molecule has 124 valence electrons. The van der Waals surface area contributed by atoms with Gasteiger partial charge in [0.15, 0.2) is 6.61 Å². The van der Waals surface area contributed by atoms with Crippen LogP contribution < -0.4 is 4.90 Å². The zero-order valence-electron chi connectivity index (χ0n) is 12.8. The molecule has 1 amide bonds. The van der Waals surface area contributed by atoms with Crippen LogP contribution in [0.15, 0.2) is 36.4 Å². The third kappa shape index (κ3) is 3.37. The second kappa shape index (κ2) is 6.79. The maximum atomic E-state index is 12.5. The minimum Gasteiger partial charge on any atom is -0.452 e. The predicted molar refractivity (Wildman–Crippen MR) is 91.6 cm³/mol. The number of fused-ring (bicyclic) bond motifs is 1.